The zero-order valence-corrected chi connectivity index (χ0v) is 13.6. The van der Waals surface area contributed by atoms with Gasteiger partial charge in [0.2, 0.25) is 5.89 Å². The summed E-state index contributed by atoms with van der Waals surface area (Å²) in [6, 6.07) is 8.44. The van der Waals surface area contributed by atoms with Crippen molar-refractivity contribution in [3.8, 4) is 0 Å². The zero-order valence-electron chi connectivity index (χ0n) is 12.1. The lowest BCUT2D eigenvalue weighted by atomic mass is 10.00. The van der Waals surface area contributed by atoms with Crippen LogP contribution >= 0.6 is 15.9 Å². The Labute approximate surface area is 128 Å². The molecule has 1 aromatic heterocycles. The molecule has 0 fully saturated rings. The van der Waals surface area contributed by atoms with Crippen molar-refractivity contribution in [2.75, 3.05) is 7.05 Å². The molecule has 20 heavy (non-hydrogen) atoms. The Kier molecular flexibility index (Phi) is 5.31. The summed E-state index contributed by atoms with van der Waals surface area (Å²) in [5, 5.41) is 7.37. The van der Waals surface area contributed by atoms with Crippen LogP contribution in [0.25, 0.3) is 0 Å². The highest BCUT2D eigenvalue weighted by Crippen LogP contribution is 2.22. The first-order valence-electron chi connectivity index (χ1n) is 6.88. The largest absolute Gasteiger partial charge is 0.339 e. The maximum atomic E-state index is 5.41. The standard InChI is InChI=1S/C15H20BrN3O/c1-4-13(17-3)10(2)15-18-14(19-20-15)9-11-7-5-6-8-12(11)16/h5-8,10,13,17H,4,9H2,1-3H3. The topological polar surface area (TPSA) is 51.0 Å². The maximum absolute atomic E-state index is 5.41. The van der Waals surface area contributed by atoms with E-state index in [9.17, 15) is 0 Å². The quantitative estimate of drug-likeness (QED) is 0.876. The fourth-order valence-corrected chi connectivity index (χ4v) is 2.74. The SMILES string of the molecule is CCC(NC)C(C)c1nc(Cc2ccccc2Br)no1. The first kappa shape index (κ1) is 15.2. The van der Waals surface area contributed by atoms with Gasteiger partial charge in [-0.3, -0.25) is 0 Å². The normalized spacial score (nSPS) is 14.2. The van der Waals surface area contributed by atoms with Gasteiger partial charge in [-0.25, -0.2) is 0 Å². The van der Waals surface area contributed by atoms with Crippen LogP contribution in [0.5, 0.6) is 0 Å². The number of hydrogen-bond acceptors (Lipinski definition) is 4. The van der Waals surface area contributed by atoms with E-state index in [-0.39, 0.29) is 5.92 Å². The van der Waals surface area contributed by atoms with Gasteiger partial charge in [0, 0.05) is 16.9 Å². The molecule has 0 spiro atoms. The van der Waals surface area contributed by atoms with Crippen molar-refractivity contribution in [2.24, 2.45) is 0 Å². The maximum Gasteiger partial charge on any atom is 0.231 e. The zero-order chi connectivity index (χ0) is 14.5. The average molecular weight is 338 g/mol. The molecule has 2 aromatic rings. The van der Waals surface area contributed by atoms with Crippen LogP contribution in [0.4, 0.5) is 0 Å². The Morgan fingerprint density at radius 1 is 1.35 bits per heavy atom. The summed E-state index contributed by atoms with van der Waals surface area (Å²) >= 11 is 3.54. The minimum atomic E-state index is 0.213. The second-order valence-corrected chi connectivity index (χ2v) is 5.76. The lowest BCUT2D eigenvalue weighted by Gasteiger charge is -2.18. The summed E-state index contributed by atoms with van der Waals surface area (Å²) in [5.74, 6) is 1.64. The molecule has 1 aromatic carbocycles. The number of benzene rings is 1. The van der Waals surface area contributed by atoms with Gasteiger partial charge in [0.1, 0.15) is 0 Å². The molecule has 5 heteroatoms. The van der Waals surface area contributed by atoms with Gasteiger partial charge in [0.15, 0.2) is 5.82 Å². The Morgan fingerprint density at radius 2 is 2.10 bits per heavy atom. The molecule has 0 aliphatic carbocycles. The van der Waals surface area contributed by atoms with Crippen molar-refractivity contribution in [3.63, 3.8) is 0 Å². The molecule has 1 N–H and O–H groups in total. The summed E-state index contributed by atoms with van der Waals surface area (Å²) in [6.45, 7) is 4.26. The fourth-order valence-electron chi connectivity index (χ4n) is 2.32. The smallest absolute Gasteiger partial charge is 0.231 e. The molecule has 0 radical (unpaired) electrons. The minimum absolute atomic E-state index is 0.213. The number of hydrogen-bond donors (Lipinski definition) is 1. The van der Waals surface area contributed by atoms with Crippen LogP contribution in [0.1, 0.15) is 43.5 Å². The number of rotatable bonds is 6. The molecule has 2 unspecified atom stereocenters. The second-order valence-electron chi connectivity index (χ2n) is 4.91. The number of nitrogens with one attached hydrogen (secondary N) is 1. The number of halogens is 1. The van der Waals surface area contributed by atoms with Crippen LogP contribution in [-0.4, -0.2) is 23.2 Å². The Morgan fingerprint density at radius 3 is 2.75 bits per heavy atom. The van der Waals surface area contributed by atoms with Crippen LogP contribution in [0.15, 0.2) is 33.3 Å². The number of aromatic nitrogens is 2. The summed E-state index contributed by atoms with van der Waals surface area (Å²) in [6.07, 6.45) is 1.70. The molecular weight excluding hydrogens is 318 g/mol. The lowest BCUT2D eigenvalue weighted by Crippen LogP contribution is -2.30. The van der Waals surface area contributed by atoms with E-state index in [1.165, 1.54) is 0 Å². The molecule has 0 saturated carbocycles. The van der Waals surface area contributed by atoms with Crippen LogP contribution in [0, 0.1) is 0 Å². The molecule has 0 aliphatic heterocycles. The first-order chi connectivity index (χ1) is 9.65. The van der Waals surface area contributed by atoms with E-state index >= 15 is 0 Å². The van der Waals surface area contributed by atoms with Gasteiger partial charge < -0.3 is 9.84 Å². The number of nitrogens with zero attached hydrogens (tertiary/aromatic N) is 2. The highest BCUT2D eigenvalue weighted by Gasteiger charge is 2.21. The van der Waals surface area contributed by atoms with Gasteiger partial charge >= 0.3 is 0 Å². The van der Waals surface area contributed by atoms with Gasteiger partial charge in [-0.05, 0) is 25.1 Å². The van der Waals surface area contributed by atoms with E-state index in [4.69, 9.17) is 4.52 Å². The van der Waals surface area contributed by atoms with Gasteiger partial charge in [-0.1, -0.05) is 53.1 Å². The predicted octanol–water partition coefficient (Wildman–Crippen LogP) is 3.52. The molecule has 0 bridgehead atoms. The molecule has 2 atom stereocenters. The van der Waals surface area contributed by atoms with E-state index in [0.717, 1.165) is 22.3 Å². The Bertz CT molecular complexity index is 552. The van der Waals surface area contributed by atoms with Crippen molar-refractivity contribution in [3.05, 3.63) is 46.0 Å². The van der Waals surface area contributed by atoms with Crippen molar-refractivity contribution < 1.29 is 4.52 Å². The molecule has 4 nitrogen and oxygen atoms in total. The molecular formula is C15H20BrN3O. The van der Waals surface area contributed by atoms with Crippen molar-refractivity contribution in [1.82, 2.24) is 15.5 Å². The van der Waals surface area contributed by atoms with Crippen molar-refractivity contribution >= 4 is 15.9 Å². The highest BCUT2D eigenvalue weighted by atomic mass is 79.9. The van der Waals surface area contributed by atoms with Crippen LogP contribution in [0.2, 0.25) is 0 Å². The van der Waals surface area contributed by atoms with E-state index in [1.54, 1.807) is 0 Å². The van der Waals surface area contributed by atoms with E-state index in [0.29, 0.717) is 18.4 Å². The lowest BCUT2D eigenvalue weighted by molar-refractivity contribution is 0.324. The molecule has 0 amide bonds. The monoisotopic (exact) mass is 337 g/mol. The highest BCUT2D eigenvalue weighted by molar-refractivity contribution is 9.10. The van der Waals surface area contributed by atoms with Crippen LogP contribution < -0.4 is 5.32 Å². The first-order valence-corrected chi connectivity index (χ1v) is 7.68. The van der Waals surface area contributed by atoms with Crippen molar-refractivity contribution in [2.45, 2.75) is 38.6 Å². The third kappa shape index (κ3) is 3.46. The van der Waals surface area contributed by atoms with Crippen LogP contribution in [-0.2, 0) is 6.42 Å². The summed E-state index contributed by atoms with van der Waals surface area (Å²) < 4.78 is 6.48. The van der Waals surface area contributed by atoms with Gasteiger partial charge in [0.05, 0.1) is 5.92 Å². The van der Waals surface area contributed by atoms with Gasteiger partial charge in [0.25, 0.3) is 0 Å². The fraction of sp³-hybridized carbons (Fsp3) is 0.467. The average Bonchev–Trinajstić information content (AvgIpc) is 2.91. The summed E-state index contributed by atoms with van der Waals surface area (Å²) in [5.41, 5.74) is 1.16. The third-order valence-corrected chi connectivity index (χ3v) is 4.37. The Balaban J connectivity index is 2.11. The Hall–Kier alpha value is -1.20. The minimum Gasteiger partial charge on any atom is -0.339 e. The molecule has 1 heterocycles. The predicted molar refractivity (Wildman–Crippen MR) is 82.8 cm³/mol. The van der Waals surface area contributed by atoms with Gasteiger partial charge in [-0.15, -0.1) is 0 Å². The second kappa shape index (κ2) is 6.99. The molecule has 108 valence electrons. The van der Waals surface area contributed by atoms with E-state index in [1.807, 2.05) is 25.2 Å². The van der Waals surface area contributed by atoms with E-state index in [2.05, 4.69) is 51.3 Å². The van der Waals surface area contributed by atoms with Gasteiger partial charge in [-0.2, -0.15) is 4.98 Å². The molecule has 0 aliphatic rings. The molecule has 2 rings (SSSR count). The number of likely N-dealkylation sites (N-methyl/N-ethyl adjacent to an activating group) is 1. The summed E-state index contributed by atoms with van der Waals surface area (Å²) in [4.78, 5) is 4.52. The third-order valence-electron chi connectivity index (χ3n) is 3.59. The summed E-state index contributed by atoms with van der Waals surface area (Å²) in [7, 11) is 1.96. The van der Waals surface area contributed by atoms with E-state index < -0.39 is 0 Å². The van der Waals surface area contributed by atoms with Crippen LogP contribution in [0.3, 0.4) is 0 Å². The van der Waals surface area contributed by atoms with Crippen molar-refractivity contribution in [1.29, 1.82) is 0 Å². The molecule has 0 saturated heterocycles.